The quantitative estimate of drug-likeness (QED) is 0.276. The van der Waals surface area contributed by atoms with Crippen LogP contribution in [-0.2, 0) is 4.79 Å². The number of hydrogen-bond donors (Lipinski definition) is 0. The molecule has 0 aromatic rings. The topological polar surface area (TPSA) is 17.1 Å². The molecule has 0 amide bonds. The summed E-state index contributed by atoms with van der Waals surface area (Å²) >= 11 is 0. The first kappa shape index (κ1) is 6.71. The van der Waals surface area contributed by atoms with E-state index in [0.717, 1.165) is 0 Å². The fourth-order valence-corrected chi connectivity index (χ4v) is 0.194. The highest BCUT2D eigenvalue weighted by atomic mass is 16.1. The zero-order chi connectivity index (χ0) is 6.24. The predicted molar refractivity (Wildman–Crippen MR) is 33.2 cm³/mol. The normalized spacial score (nSPS) is 7.50. The van der Waals surface area contributed by atoms with Crippen molar-refractivity contribution in [1.29, 1.82) is 0 Å². The number of carbonyl (C=O) groups is 1. The van der Waals surface area contributed by atoms with Crippen LogP contribution in [0.15, 0.2) is 24.8 Å². The summed E-state index contributed by atoms with van der Waals surface area (Å²) in [4.78, 5) is 9.59. The van der Waals surface area contributed by atoms with Gasteiger partial charge < -0.3 is 0 Å². The van der Waals surface area contributed by atoms with E-state index in [9.17, 15) is 4.79 Å². The van der Waals surface area contributed by atoms with Gasteiger partial charge in [0.15, 0.2) is 0 Å². The van der Waals surface area contributed by atoms with Crippen molar-refractivity contribution in [2.45, 2.75) is 0 Å². The second-order valence-electron chi connectivity index (χ2n) is 0.988. The molecule has 0 aliphatic rings. The molecule has 0 aromatic carbocycles. The van der Waals surface area contributed by atoms with Gasteiger partial charge in [0, 0.05) is 0 Å². The standard InChI is InChI=1S/C7H6O/c1-2-3-4-5-6-7-8/h2,5-7H,1H2/b6-5+. The summed E-state index contributed by atoms with van der Waals surface area (Å²) in [6.45, 7) is 3.36. The highest BCUT2D eigenvalue weighted by Crippen LogP contribution is 1.62. The number of aldehydes is 1. The van der Waals surface area contributed by atoms with E-state index in [4.69, 9.17) is 0 Å². The maximum Gasteiger partial charge on any atom is 0.143 e. The highest BCUT2D eigenvalue weighted by Gasteiger charge is 1.55. The van der Waals surface area contributed by atoms with Crippen LogP contribution in [0.1, 0.15) is 0 Å². The van der Waals surface area contributed by atoms with Crippen molar-refractivity contribution >= 4 is 6.29 Å². The molecule has 8 heavy (non-hydrogen) atoms. The summed E-state index contributed by atoms with van der Waals surface area (Å²) in [7, 11) is 0. The summed E-state index contributed by atoms with van der Waals surface area (Å²) in [6.07, 6.45) is 4.94. The SMILES string of the molecule is C=CC#C/C=C/C=O. The van der Waals surface area contributed by atoms with Gasteiger partial charge in [-0.2, -0.15) is 0 Å². The molecule has 0 unspecified atom stereocenters. The molecule has 0 heterocycles. The largest absolute Gasteiger partial charge is 0.299 e. The van der Waals surface area contributed by atoms with Gasteiger partial charge in [0.2, 0.25) is 0 Å². The third kappa shape index (κ3) is 4.71. The van der Waals surface area contributed by atoms with E-state index in [2.05, 4.69) is 18.4 Å². The van der Waals surface area contributed by atoms with Crippen LogP contribution >= 0.6 is 0 Å². The fourth-order valence-electron chi connectivity index (χ4n) is 0.194. The number of allylic oxidation sites excluding steroid dienone is 3. The number of hydrogen-bond acceptors (Lipinski definition) is 1. The first-order chi connectivity index (χ1) is 3.91. The zero-order valence-electron chi connectivity index (χ0n) is 4.42. The third-order valence-corrected chi connectivity index (χ3v) is 0.444. The van der Waals surface area contributed by atoms with Crippen molar-refractivity contribution in [2.24, 2.45) is 0 Å². The smallest absolute Gasteiger partial charge is 0.143 e. The Labute approximate surface area is 48.7 Å². The Morgan fingerprint density at radius 3 is 2.62 bits per heavy atom. The van der Waals surface area contributed by atoms with Gasteiger partial charge in [0.25, 0.3) is 0 Å². The monoisotopic (exact) mass is 106 g/mol. The van der Waals surface area contributed by atoms with Crippen molar-refractivity contribution in [3.05, 3.63) is 24.8 Å². The molecule has 1 nitrogen and oxygen atoms in total. The zero-order valence-corrected chi connectivity index (χ0v) is 4.42. The molecule has 0 aliphatic carbocycles. The van der Waals surface area contributed by atoms with Gasteiger partial charge in [-0.1, -0.05) is 18.4 Å². The van der Waals surface area contributed by atoms with Crippen molar-refractivity contribution in [3.8, 4) is 11.8 Å². The molecule has 0 N–H and O–H groups in total. The van der Waals surface area contributed by atoms with Crippen LogP contribution in [-0.4, -0.2) is 6.29 Å². The molecule has 0 aromatic heterocycles. The van der Waals surface area contributed by atoms with Crippen LogP contribution in [0.3, 0.4) is 0 Å². The number of rotatable bonds is 1. The Hall–Kier alpha value is -1.29. The summed E-state index contributed by atoms with van der Waals surface area (Å²) in [5, 5.41) is 0. The maximum absolute atomic E-state index is 9.59. The van der Waals surface area contributed by atoms with E-state index in [1.165, 1.54) is 18.2 Å². The van der Waals surface area contributed by atoms with Crippen molar-refractivity contribution < 1.29 is 4.79 Å². The van der Waals surface area contributed by atoms with Gasteiger partial charge in [0.05, 0.1) is 0 Å². The van der Waals surface area contributed by atoms with Crippen LogP contribution in [0.4, 0.5) is 0 Å². The van der Waals surface area contributed by atoms with Crippen LogP contribution in [0.25, 0.3) is 0 Å². The van der Waals surface area contributed by atoms with Crippen LogP contribution in [0, 0.1) is 11.8 Å². The van der Waals surface area contributed by atoms with Gasteiger partial charge in [-0.3, -0.25) is 4.79 Å². The molecule has 40 valence electrons. The van der Waals surface area contributed by atoms with E-state index < -0.39 is 0 Å². The third-order valence-electron chi connectivity index (χ3n) is 0.444. The van der Waals surface area contributed by atoms with Gasteiger partial charge >= 0.3 is 0 Å². The molecule has 0 rings (SSSR count). The molecule has 0 radical (unpaired) electrons. The predicted octanol–water partition coefficient (Wildman–Crippen LogP) is 0.931. The Balaban J connectivity index is 3.56. The van der Waals surface area contributed by atoms with Crippen molar-refractivity contribution in [3.63, 3.8) is 0 Å². The lowest BCUT2D eigenvalue weighted by Crippen LogP contribution is -1.55. The average Bonchev–Trinajstić information content (AvgIpc) is 1.81. The summed E-state index contributed by atoms with van der Waals surface area (Å²) < 4.78 is 0. The number of carbonyl (C=O) groups excluding carboxylic acids is 1. The van der Waals surface area contributed by atoms with Crippen LogP contribution in [0.5, 0.6) is 0 Å². The first-order valence-electron chi connectivity index (χ1n) is 2.14. The van der Waals surface area contributed by atoms with E-state index >= 15 is 0 Å². The van der Waals surface area contributed by atoms with E-state index in [-0.39, 0.29) is 0 Å². The Morgan fingerprint density at radius 1 is 1.38 bits per heavy atom. The molecular formula is C7H6O. The van der Waals surface area contributed by atoms with Crippen molar-refractivity contribution in [2.75, 3.05) is 0 Å². The van der Waals surface area contributed by atoms with Gasteiger partial charge in [0.1, 0.15) is 6.29 Å². The molecule has 0 fully saturated rings. The van der Waals surface area contributed by atoms with Gasteiger partial charge in [-0.05, 0) is 18.2 Å². The minimum atomic E-state index is 0.678. The van der Waals surface area contributed by atoms with E-state index in [1.54, 1.807) is 0 Å². The molecule has 0 atom stereocenters. The molecule has 0 saturated heterocycles. The lowest BCUT2D eigenvalue weighted by molar-refractivity contribution is -0.104. The van der Waals surface area contributed by atoms with Crippen LogP contribution < -0.4 is 0 Å². The molecule has 0 spiro atoms. The summed E-state index contributed by atoms with van der Waals surface area (Å²) in [6, 6.07) is 0. The summed E-state index contributed by atoms with van der Waals surface area (Å²) in [5.41, 5.74) is 0. The van der Waals surface area contributed by atoms with E-state index in [0.29, 0.717) is 6.29 Å². The minimum Gasteiger partial charge on any atom is -0.299 e. The average molecular weight is 106 g/mol. The van der Waals surface area contributed by atoms with Crippen LogP contribution in [0.2, 0.25) is 0 Å². The molecule has 1 heteroatoms. The second-order valence-corrected chi connectivity index (χ2v) is 0.988. The maximum atomic E-state index is 9.59. The molecule has 0 saturated carbocycles. The van der Waals surface area contributed by atoms with Gasteiger partial charge in [-0.25, -0.2) is 0 Å². The fraction of sp³-hybridized carbons (Fsp3) is 0. The first-order valence-corrected chi connectivity index (χ1v) is 2.14. The molecule has 0 bridgehead atoms. The van der Waals surface area contributed by atoms with Gasteiger partial charge in [-0.15, -0.1) is 0 Å². The lowest BCUT2D eigenvalue weighted by atomic mass is 10.5. The minimum absolute atomic E-state index is 0.678. The van der Waals surface area contributed by atoms with E-state index in [1.807, 2.05) is 0 Å². The van der Waals surface area contributed by atoms with Crippen molar-refractivity contribution in [1.82, 2.24) is 0 Å². The molecular weight excluding hydrogens is 100 g/mol. The summed E-state index contributed by atoms with van der Waals surface area (Å²) in [5.74, 6) is 5.11. The Kier molecular flexibility index (Phi) is 4.79. The highest BCUT2D eigenvalue weighted by molar-refractivity contribution is 5.65. The second kappa shape index (κ2) is 5.71. The molecule has 0 aliphatic heterocycles. The lowest BCUT2D eigenvalue weighted by Gasteiger charge is -1.58. The Morgan fingerprint density at radius 2 is 2.12 bits per heavy atom. The Bertz CT molecular complexity index is 155.